The van der Waals surface area contributed by atoms with Crippen molar-refractivity contribution in [2.45, 2.75) is 25.9 Å². The van der Waals surface area contributed by atoms with Gasteiger partial charge in [0, 0.05) is 80.9 Å². The second-order valence-corrected chi connectivity index (χ2v) is 9.84. The zero-order valence-electron chi connectivity index (χ0n) is 20.3. The largest absolute Gasteiger partial charge is 0.340 e. The first-order chi connectivity index (χ1) is 16.5. The Hall–Kier alpha value is -2.71. The second-order valence-electron chi connectivity index (χ2n) is 9.84. The Bertz CT molecular complexity index is 1160. The molecule has 0 atom stereocenters. The summed E-state index contributed by atoms with van der Waals surface area (Å²) in [4.78, 5) is 19.1. The van der Waals surface area contributed by atoms with Gasteiger partial charge >= 0.3 is 0 Å². The molecule has 0 bridgehead atoms. The molecule has 3 aromatic rings. The maximum absolute atomic E-state index is 11.7. The molecule has 180 valence electrons. The maximum atomic E-state index is 11.7. The van der Waals surface area contributed by atoms with Crippen LogP contribution in [-0.4, -0.2) is 83.7 Å². The molecule has 1 amide bonds. The Labute approximate surface area is 201 Å². The highest BCUT2D eigenvalue weighted by Gasteiger charge is 2.24. The van der Waals surface area contributed by atoms with E-state index in [1.807, 2.05) is 12.1 Å². The molecular weight excluding hydrogens is 426 g/mol. The van der Waals surface area contributed by atoms with Crippen molar-refractivity contribution in [3.05, 3.63) is 70.4 Å². The summed E-state index contributed by atoms with van der Waals surface area (Å²) in [6.07, 6.45) is 2.12. The molecule has 1 saturated heterocycles. The minimum absolute atomic E-state index is 0.457. The van der Waals surface area contributed by atoms with Crippen LogP contribution in [0.1, 0.15) is 32.7 Å². The van der Waals surface area contributed by atoms with E-state index in [-0.39, 0.29) is 0 Å². The number of fused-ring (bicyclic) bond motifs is 3. The van der Waals surface area contributed by atoms with Gasteiger partial charge in [0.2, 0.25) is 0 Å². The van der Waals surface area contributed by atoms with Gasteiger partial charge in [-0.2, -0.15) is 0 Å². The lowest BCUT2D eigenvalue weighted by molar-refractivity contribution is 0.0706. The minimum Gasteiger partial charge on any atom is -0.340 e. The molecule has 0 unspecified atom stereocenters. The molecule has 2 aliphatic rings. The lowest BCUT2D eigenvalue weighted by Crippen LogP contribution is -2.45. The van der Waals surface area contributed by atoms with Gasteiger partial charge in [0.25, 0.3) is 5.91 Å². The first-order valence-electron chi connectivity index (χ1n) is 12.3. The van der Waals surface area contributed by atoms with E-state index in [4.69, 9.17) is 5.21 Å². The van der Waals surface area contributed by atoms with Gasteiger partial charge in [-0.3, -0.25) is 10.0 Å². The van der Waals surface area contributed by atoms with Gasteiger partial charge in [0.15, 0.2) is 0 Å². The van der Waals surface area contributed by atoms with Gasteiger partial charge in [-0.25, -0.2) is 5.48 Å². The molecule has 5 rings (SSSR count). The smallest absolute Gasteiger partial charge is 0.274 e. The van der Waals surface area contributed by atoms with Crippen molar-refractivity contribution in [1.29, 1.82) is 0 Å². The van der Waals surface area contributed by atoms with Crippen LogP contribution in [0.15, 0.2) is 42.5 Å². The number of nitrogens with one attached hydrogen (secondary N) is 1. The standard InChI is InChI=1S/C27H35N5O2/c1-29-14-16-31(17-15-29)13-10-21-4-3-5-25-26(21)23-19-30(2)12-11-24(23)32(25)18-20-6-8-22(9-7-20)27(33)28-34/h3-9,34H,10-19H2,1-2H3,(H,28,33). The summed E-state index contributed by atoms with van der Waals surface area (Å²) in [7, 11) is 4.42. The van der Waals surface area contributed by atoms with Crippen molar-refractivity contribution in [3.8, 4) is 0 Å². The molecule has 0 saturated carbocycles. The highest BCUT2D eigenvalue weighted by molar-refractivity contribution is 5.93. The molecule has 2 N–H and O–H groups in total. The third kappa shape index (κ3) is 4.61. The summed E-state index contributed by atoms with van der Waals surface area (Å²) < 4.78 is 2.48. The third-order valence-corrected chi connectivity index (χ3v) is 7.51. The summed E-state index contributed by atoms with van der Waals surface area (Å²) in [6, 6.07) is 14.3. The Kier molecular flexibility index (Phi) is 6.70. The van der Waals surface area contributed by atoms with Crippen LogP contribution in [0, 0.1) is 0 Å². The quantitative estimate of drug-likeness (QED) is 0.436. The molecular formula is C27H35N5O2. The number of rotatable bonds is 6. The number of aromatic nitrogens is 1. The van der Waals surface area contributed by atoms with Crippen LogP contribution in [0.25, 0.3) is 10.9 Å². The molecule has 0 spiro atoms. The van der Waals surface area contributed by atoms with E-state index < -0.39 is 5.91 Å². The molecule has 0 aliphatic carbocycles. The van der Waals surface area contributed by atoms with Crippen molar-refractivity contribution >= 4 is 16.8 Å². The number of nitrogens with zero attached hydrogens (tertiary/aromatic N) is 4. The number of hydrogen-bond acceptors (Lipinski definition) is 5. The van der Waals surface area contributed by atoms with Crippen LogP contribution in [-0.2, 0) is 25.9 Å². The zero-order valence-corrected chi connectivity index (χ0v) is 20.3. The fourth-order valence-electron chi connectivity index (χ4n) is 5.46. The van der Waals surface area contributed by atoms with Crippen molar-refractivity contribution in [1.82, 2.24) is 24.7 Å². The SMILES string of the molecule is CN1CCN(CCc2cccc3c2c2c(n3Cc3ccc(C(=O)NO)cc3)CCN(C)C2)CC1. The Morgan fingerprint density at radius 1 is 0.971 bits per heavy atom. The number of amides is 1. The highest BCUT2D eigenvalue weighted by atomic mass is 16.5. The molecule has 7 heteroatoms. The van der Waals surface area contributed by atoms with E-state index in [9.17, 15) is 4.79 Å². The predicted octanol–water partition coefficient (Wildman–Crippen LogP) is 2.59. The number of carbonyl (C=O) groups excluding carboxylic acids is 1. The van der Waals surface area contributed by atoms with E-state index in [0.717, 1.165) is 70.8 Å². The minimum atomic E-state index is -0.483. The van der Waals surface area contributed by atoms with Crippen molar-refractivity contribution < 1.29 is 10.0 Å². The van der Waals surface area contributed by atoms with Gasteiger partial charge in [-0.1, -0.05) is 24.3 Å². The fourth-order valence-corrected chi connectivity index (χ4v) is 5.46. The summed E-state index contributed by atoms with van der Waals surface area (Å²) >= 11 is 0. The van der Waals surface area contributed by atoms with Gasteiger partial charge in [0.1, 0.15) is 0 Å². The third-order valence-electron chi connectivity index (χ3n) is 7.51. The first-order valence-corrected chi connectivity index (χ1v) is 12.3. The van der Waals surface area contributed by atoms with Crippen molar-refractivity contribution in [3.63, 3.8) is 0 Å². The van der Waals surface area contributed by atoms with Gasteiger partial charge < -0.3 is 19.3 Å². The Balaban J connectivity index is 1.46. The van der Waals surface area contributed by atoms with Crippen LogP contribution in [0.3, 0.4) is 0 Å². The Morgan fingerprint density at radius 2 is 1.74 bits per heavy atom. The van der Waals surface area contributed by atoms with Crippen LogP contribution < -0.4 is 5.48 Å². The molecule has 2 aliphatic heterocycles. The average molecular weight is 462 g/mol. The summed E-state index contributed by atoms with van der Waals surface area (Å²) in [5, 5.41) is 10.3. The second kappa shape index (κ2) is 9.88. The first kappa shape index (κ1) is 23.1. The molecule has 1 aromatic heterocycles. The molecule has 2 aromatic carbocycles. The van der Waals surface area contributed by atoms with Crippen LogP contribution in [0.5, 0.6) is 0 Å². The fraction of sp³-hybridized carbons (Fsp3) is 0.444. The van der Waals surface area contributed by atoms with Gasteiger partial charge in [-0.15, -0.1) is 0 Å². The zero-order chi connectivity index (χ0) is 23.7. The number of piperazine rings is 1. The maximum Gasteiger partial charge on any atom is 0.274 e. The number of likely N-dealkylation sites (N-methyl/N-ethyl adjacent to an activating group) is 2. The topological polar surface area (TPSA) is 64.0 Å². The monoisotopic (exact) mass is 461 g/mol. The molecule has 34 heavy (non-hydrogen) atoms. The highest BCUT2D eigenvalue weighted by Crippen LogP contribution is 2.34. The van der Waals surface area contributed by atoms with E-state index in [0.29, 0.717) is 5.56 Å². The summed E-state index contributed by atoms with van der Waals surface area (Å²) in [6.45, 7) is 8.54. The molecule has 0 radical (unpaired) electrons. The van der Waals surface area contributed by atoms with Crippen molar-refractivity contribution in [2.24, 2.45) is 0 Å². The van der Waals surface area contributed by atoms with E-state index in [1.165, 1.54) is 27.7 Å². The van der Waals surface area contributed by atoms with E-state index >= 15 is 0 Å². The van der Waals surface area contributed by atoms with Gasteiger partial charge in [-0.05, 0) is 55.4 Å². The Morgan fingerprint density at radius 3 is 2.47 bits per heavy atom. The van der Waals surface area contributed by atoms with Crippen LogP contribution in [0.4, 0.5) is 0 Å². The van der Waals surface area contributed by atoms with Crippen LogP contribution >= 0.6 is 0 Å². The predicted molar refractivity (Wildman–Crippen MR) is 134 cm³/mol. The number of hydrogen-bond donors (Lipinski definition) is 2. The number of benzene rings is 2. The molecule has 7 nitrogen and oxygen atoms in total. The van der Waals surface area contributed by atoms with Crippen molar-refractivity contribution in [2.75, 3.05) is 53.4 Å². The lowest BCUT2D eigenvalue weighted by atomic mass is 9.99. The van der Waals surface area contributed by atoms with E-state index in [2.05, 4.69) is 51.6 Å². The summed E-state index contributed by atoms with van der Waals surface area (Å²) in [5.41, 5.74) is 9.00. The van der Waals surface area contributed by atoms with E-state index in [1.54, 1.807) is 17.6 Å². The molecule has 1 fully saturated rings. The number of hydroxylamine groups is 1. The normalized spacial score (nSPS) is 17.7. The lowest BCUT2D eigenvalue weighted by Gasteiger charge is -2.32. The molecule has 3 heterocycles. The summed E-state index contributed by atoms with van der Waals surface area (Å²) in [5.74, 6) is -0.483. The average Bonchev–Trinajstić information content (AvgIpc) is 3.17. The number of carbonyl (C=O) groups is 1. The van der Waals surface area contributed by atoms with Gasteiger partial charge in [0.05, 0.1) is 0 Å². The van der Waals surface area contributed by atoms with Crippen LogP contribution in [0.2, 0.25) is 0 Å².